The minimum atomic E-state index is 0.857. The fourth-order valence-corrected chi connectivity index (χ4v) is 5.28. The third-order valence-electron chi connectivity index (χ3n) is 3.38. The number of rotatable bonds is 8. The molecule has 0 saturated carbocycles. The number of hydrogen-bond donors (Lipinski definition) is 0. The van der Waals surface area contributed by atoms with Gasteiger partial charge in [-0.2, -0.15) is 0 Å². The first-order valence-electron chi connectivity index (χ1n) is 7.49. The maximum absolute atomic E-state index is 2.29. The van der Waals surface area contributed by atoms with E-state index < -0.39 is 0 Å². The molecule has 0 aliphatic heterocycles. The molecular formula is C18H24P2. The van der Waals surface area contributed by atoms with Gasteiger partial charge in [-0.15, -0.1) is 0 Å². The van der Waals surface area contributed by atoms with E-state index in [1.165, 1.54) is 36.0 Å². The van der Waals surface area contributed by atoms with Crippen molar-refractivity contribution in [2.24, 2.45) is 0 Å². The van der Waals surface area contributed by atoms with Crippen LogP contribution >= 0.6 is 17.2 Å². The molecule has 3 unspecified atom stereocenters. The molecule has 0 bridgehead atoms. The highest BCUT2D eigenvalue weighted by Gasteiger charge is 2.09. The maximum atomic E-state index is 2.29. The Morgan fingerprint density at radius 3 is 2.05 bits per heavy atom. The second-order valence-corrected chi connectivity index (χ2v) is 8.12. The van der Waals surface area contributed by atoms with Crippen LogP contribution in [0.5, 0.6) is 0 Å². The zero-order valence-electron chi connectivity index (χ0n) is 12.2. The van der Waals surface area contributed by atoms with Crippen molar-refractivity contribution < 1.29 is 0 Å². The minimum Gasteiger partial charge on any atom is -0.0898 e. The van der Waals surface area contributed by atoms with Gasteiger partial charge in [0.05, 0.1) is 0 Å². The lowest BCUT2D eigenvalue weighted by Gasteiger charge is -2.17. The van der Waals surface area contributed by atoms with Crippen LogP contribution < -0.4 is 10.6 Å². The predicted octanol–water partition coefficient (Wildman–Crippen LogP) is 4.55. The van der Waals surface area contributed by atoms with E-state index in [1.807, 2.05) is 0 Å². The van der Waals surface area contributed by atoms with Gasteiger partial charge in [0.1, 0.15) is 0 Å². The normalized spacial score (nSPS) is 13.4. The van der Waals surface area contributed by atoms with Gasteiger partial charge in [-0.25, -0.2) is 0 Å². The molecule has 0 nitrogen and oxygen atoms in total. The van der Waals surface area contributed by atoms with E-state index in [1.54, 1.807) is 0 Å². The molecule has 0 aromatic heterocycles. The van der Waals surface area contributed by atoms with Gasteiger partial charge in [-0.3, -0.25) is 0 Å². The van der Waals surface area contributed by atoms with Crippen molar-refractivity contribution >= 4 is 27.8 Å². The molecule has 0 fully saturated rings. The largest absolute Gasteiger partial charge is 0.0898 e. The highest BCUT2D eigenvalue weighted by molar-refractivity contribution is 7.52. The summed E-state index contributed by atoms with van der Waals surface area (Å²) in [5.41, 5.74) is 0.857. The topological polar surface area (TPSA) is 0 Å². The fraction of sp³-hybridized carbons (Fsp3) is 0.333. The first-order chi connectivity index (χ1) is 9.88. The van der Waals surface area contributed by atoms with E-state index in [0.717, 1.165) is 22.8 Å². The lowest BCUT2D eigenvalue weighted by Crippen LogP contribution is -2.11. The third-order valence-corrected chi connectivity index (χ3v) is 6.79. The Morgan fingerprint density at radius 1 is 0.850 bits per heavy atom. The Labute approximate surface area is 127 Å². The molecule has 0 amide bonds. The van der Waals surface area contributed by atoms with Crippen LogP contribution in [-0.4, -0.2) is 11.8 Å². The highest BCUT2D eigenvalue weighted by atomic mass is 31.1. The second-order valence-electron chi connectivity index (χ2n) is 5.10. The molecule has 0 saturated heterocycles. The van der Waals surface area contributed by atoms with Crippen molar-refractivity contribution in [1.82, 2.24) is 0 Å². The Morgan fingerprint density at radius 2 is 1.45 bits per heavy atom. The molecule has 20 heavy (non-hydrogen) atoms. The molecule has 2 aromatic carbocycles. The third kappa shape index (κ3) is 5.74. The molecule has 0 N–H and O–H groups in total. The van der Waals surface area contributed by atoms with Gasteiger partial charge in [0.25, 0.3) is 0 Å². The molecule has 2 aromatic rings. The molecule has 2 rings (SSSR count). The average molecular weight is 302 g/mol. The molecule has 3 atom stereocenters. The molecule has 2 heteroatoms. The summed E-state index contributed by atoms with van der Waals surface area (Å²) in [5.74, 6) is 0. The van der Waals surface area contributed by atoms with Crippen LogP contribution in [0.15, 0.2) is 60.7 Å². The van der Waals surface area contributed by atoms with Crippen LogP contribution in [0.25, 0.3) is 0 Å². The predicted molar refractivity (Wildman–Crippen MR) is 97.0 cm³/mol. The summed E-state index contributed by atoms with van der Waals surface area (Å²) in [6, 6.07) is 22.0. The van der Waals surface area contributed by atoms with Gasteiger partial charge in [0.15, 0.2) is 0 Å². The zero-order valence-corrected chi connectivity index (χ0v) is 14.2. The summed E-state index contributed by atoms with van der Waals surface area (Å²) >= 11 is 0. The fourth-order valence-electron chi connectivity index (χ4n) is 2.24. The van der Waals surface area contributed by atoms with Crippen LogP contribution in [0.1, 0.15) is 26.2 Å². The van der Waals surface area contributed by atoms with Crippen molar-refractivity contribution in [3.05, 3.63) is 60.7 Å². The van der Waals surface area contributed by atoms with Gasteiger partial charge in [0, 0.05) is 0 Å². The number of unbranched alkanes of at least 4 members (excludes halogenated alkanes) is 1. The zero-order chi connectivity index (χ0) is 14.0. The Balaban J connectivity index is 1.89. The molecule has 0 spiro atoms. The van der Waals surface area contributed by atoms with Gasteiger partial charge >= 0.3 is 0 Å². The van der Waals surface area contributed by atoms with Crippen LogP contribution in [-0.2, 0) is 0 Å². The number of benzene rings is 2. The smallest absolute Gasteiger partial charge is 0.0156 e. The van der Waals surface area contributed by atoms with Crippen LogP contribution in [0.2, 0.25) is 0 Å². The van der Waals surface area contributed by atoms with Crippen molar-refractivity contribution in [1.29, 1.82) is 0 Å². The van der Waals surface area contributed by atoms with E-state index >= 15 is 0 Å². The summed E-state index contributed by atoms with van der Waals surface area (Å²) in [7, 11) is 1.92. The van der Waals surface area contributed by atoms with E-state index in [2.05, 4.69) is 67.6 Å². The monoisotopic (exact) mass is 302 g/mol. The van der Waals surface area contributed by atoms with E-state index in [0.29, 0.717) is 0 Å². The van der Waals surface area contributed by atoms with Gasteiger partial charge in [-0.05, 0) is 28.9 Å². The quantitative estimate of drug-likeness (QED) is 0.627. The molecule has 0 radical (unpaired) electrons. The van der Waals surface area contributed by atoms with Crippen LogP contribution in [0.4, 0.5) is 0 Å². The summed E-state index contributed by atoms with van der Waals surface area (Å²) in [6.07, 6.45) is 5.40. The first kappa shape index (κ1) is 15.7. The van der Waals surface area contributed by atoms with Crippen molar-refractivity contribution in [3.8, 4) is 0 Å². The summed E-state index contributed by atoms with van der Waals surface area (Å²) in [6.45, 7) is 2.29. The standard InChI is InChI=1S/C18H24P2/c1-2-3-10-18(20-17-13-8-5-9-14-17)15-19-16-11-6-4-7-12-16/h4-9,11-14,18-20H,2-3,10,15H2,1H3. The van der Waals surface area contributed by atoms with E-state index in [9.17, 15) is 0 Å². The summed E-state index contributed by atoms with van der Waals surface area (Å²) in [4.78, 5) is 0. The number of hydrogen-bond acceptors (Lipinski definition) is 0. The Kier molecular flexibility index (Phi) is 7.27. The lowest BCUT2D eigenvalue weighted by molar-refractivity contribution is 0.715. The van der Waals surface area contributed by atoms with Crippen LogP contribution in [0, 0.1) is 0 Å². The van der Waals surface area contributed by atoms with Crippen molar-refractivity contribution in [3.63, 3.8) is 0 Å². The molecule has 0 aliphatic rings. The maximum Gasteiger partial charge on any atom is -0.0156 e. The Bertz CT molecular complexity index is 467. The Hall–Kier alpha value is -0.700. The second kappa shape index (κ2) is 9.28. The van der Waals surface area contributed by atoms with Gasteiger partial charge in [-0.1, -0.05) is 97.6 Å². The highest BCUT2D eigenvalue weighted by Crippen LogP contribution is 2.29. The molecule has 106 valence electrons. The first-order valence-corrected chi connectivity index (χ1v) is 9.77. The van der Waals surface area contributed by atoms with Crippen LogP contribution in [0.3, 0.4) is 0 Å². The van der Waals surface area contributed by atoms with Crippen molar-refractivity contribution in [2.75, 3.05) is 6.16 Å². The van der Waals surface area contributed by atoms with Crippen molar-refractivity contribution in [2.45, 2.75) is 31.8 Å². The summed E-state index contributed by atoms with van der Waals surface area (Å²) in [5, 5.41) is 3.03. The minimum absolute atomic E-state index is 0.857. The van der Waals surface area contributed by atoms with Gasteiger partial charge < -0.3 is 0 Å². The lowest BCUT2D eigenvalue weighted by atomic mass is 10.2. The summed E-state index contributed by atoms with van der Waals surface area (Å²) < 4.78 is 0. The SMILES string of the molecule is CCCCC(CPc1ccccc1)Pc1ccccc1. The molecule has 0 aliphatic carbocycles. The van der Waals surface area contributed by atoms with Gasteiger partial charge in [0.2, 0.25) is 0 Å². The van der Waals surface area contributed by atoms with E-state index in [-0.39, 0.29) is 0 Å². The molecule has 0 heterocycles. The molecular weight excluding hydrogens is 278 g/mol. The van der Waals surface area contributed by atoms with E-state index in [4.69, 9.17) is 0 Å². The average Bonchev–Trinajstić information content (AvgIpc) is 2.52.